The smallest absolute Gasteiger partial charge is 0.340 e. The van der Waals surface area contributed by atoms with Gasteiger partial charge in [-0.15, -0.1) is 0 Å². The highest BCUT2D eigenvalue weighted by Gasteiger charge is 2.28. The fourth-order valence-corrected chi connectivity index (χ4v) is 4.09. The third kappa shape index (κ3) is 4.87. The Morgan fingerprint density at radius 3 is 2.71 bits per heavy atom. The molecule has 1 aliphatic heterocycles. The number of halogens is 2. The van der Waals surface area contributed by atoms with Gasteiger partial charge in [0.15, 0.2) is 0 Å². The number of hydrogen-bond acceptors (Lipinski definition) is 6. The standard InChI is InChI=1S/C26H24F2N4O3/c1-4-34-26(33)18-12-32(21-8-6-5-7-17(21)25(18)15(2)3)13-24-30-19-9-16(11-29)22(10-20(19)31-24)35-14-23(27)28/h5-10,12,23H,4,13-14H2,1-3H3,(H,30,31). The lowest BCUT2D eigenvalue weighted by atomic mass is 9.90. The molecule has 2 aromatic carbocycles. The molecule has 35 heavy (non-hydrogen) atoms. The molecule has 3 aromatic rings. The van der Waals surface area contributed by atoms with Crippen LogP contribution in [0.3, 0.4) is 0 Å². The molecule has 4 rings (SSSR count). The van der Waals surface area contributed by atoms with Crippen molar-refractivity contribution in [3.63, 3.8) is 0 Å². The molecule has 0 amide bonds. The van der Waals surface area contributed by atoms with Crippen molar-refractivity contribution in [3.8, 4) is 11.8 Å². The zero-order chi connectivity index (χ0) is 25.1. The van der Waals surface area contributed by atoms with E-state index in [9.17, 15) is 18.8 Å². The lowest BCUT2D eigenvalue weighted by Gasteiger charge is -2.30. The van der Waals surface area contributed by atoms with E-state index in [2.05, 4.69) is 9.97 Å². The van der Waals surface area contributed by atoms with Crippen molar-refractivity contribution in [3.05, 3.63) is 70.7 Å². The third-order valence-corrected chi connectivity index (χ3v) is 5.47. The number of alkyl halides is 2. The molecular weight excluding hydrogens is 454 g/mol. The van der Waals surface area contributed by atoms with Gasteiger partial charge in [0.1, 0.15) is 24.3 Å². The number of esters is 1. The molecule has 7 nitrogen and oxygen atoms in total. The molecule has 0 bridgehead atoms. The zero-order valence-corrected chi connectivity index (χ0v) is 19.6. The summed E-state index contributed by atoms with van der Waals surface area (Å²) >= 11 is 0. The van der Waals surface area contributed by atoms with E-state index in [-0.39, 0.29) is 17.9 Å². The van der Waals surface area contributed by atoms with Gasteiger partial charge in [0.25, 0.3) is 6.43 Å². The molecule has 0 fully saturated rings. The minimum Gasteiger partial charge on any atom is -0.486 e. The number of hydrogen-bond donors (Lipinski definition) is 1. The highest BCUT2D eigenvalue weighted by molar-refractivity contribution is 6.10. The van der Waals surface area contributed by atoms with Gasteiger partial charge in [-0.1, -0.05) is 23.8 Å². The minimum absolute atomic E-state index is 0.0550. The number of aromatic nitrogens is 2. The Labute approximate surface area is 201 Å². The predicted octanol–water partition coefficient (Wildman–Crippen LogP) is 5.34. The van der Waals surface area contributed by atoms with E-state index in [0.717, 1.165) is 22.4 Å². The number of aromatic amines is 1. The van der Waals surface area contributed by atoms with Gasteiger partial charge in [-0.05, 0) is 38.5 Å². The second kappa shape index (κ2) is 9.97. The first-order valence-corrected chi connectivity index (χ1v) is 11.1. The number of rotatable bonds is 7. The summed E-state index contributed by atoms with van der Waals surface area (Å²) in [6.45, 7) is 5.41. The summed E-state index contributed by atoms with van der Waals surface area (Å²) in [4.78, 5) is 22.5. The lowest BCUT2D eigenvalue weighted by Crippen LogP contribution is -2.25. The molecule has 1 aromatic heterocycles. The van der Waals surface area contributed by atoms with E-state index in [1.54, 1.807) is 13.1 Å². The number of H-pyrrole nitrogens is 1. The van der Waals surface area contributed by atoms with Gasteiger partial charge in [-0.25, -0.2) is 18.6 Å². The van der Waals surface area contributed by atoms with Gasteiger partial charge in [0.2, 0.25) is 0 Å². The van der Waals surface area contributed by atoms with Crippen LogP contribution in [0.1, 0.15) is 37.7 Å². The number of para-hydroxylation sites is 1. The number of ether oxygens (including phenoxy) is 2. The number of imidazole rings is 1. The van der Waals surface area contributed by atoms with Gasteiger partial charge in [-0.3, -0.25) is 0 Å². The van der Waals surface area contributed by atoms with Crippen molar-refractivity contribution < 1.29 is 23.0 Å². The van der Waals surface area contributed by atoms with Gasteiger partial charge in [-0.2, -0.15) is 5.26 Å². The summed E-state index contributed by atoms with van der Waals surface area (Å²) < 4.78 is 35.6. The number of benzene rings is 2. The van der Waals surface area contributed by atoms with Crippen molar-refractivity contribution >= 4 is 28.3 Å². The Bertz CT molecular complexity index is 1380. The van der Waals surface area contributed by atoms with Crippen molar-refractivity contribution in [2.24, 2.45) is 0 Å². The zero-order valence-electron chi connectivity index (χ0n) is 19.6. The van der Waals surface area contributed by atoms with Crippen LogP contribution >= 0.6 is 0 Å². The molecule has 1 aliphatic rings. The molecule has 1 N–H and O–H groups in total. The molecule has 0 saturated heterocycles. The van der Waals surface area contributed by atoms with Gasteiger partial charge < -0.3 is 19.4 Å². The van der Waals surface area contributed by atoms with Crippen molar-refractivity contribution in [1.29, 1.82) is 5.26 Å². The monoisotopic (exact) mass is 478 g/mol. The Morgan fingerprint density at radius 1 is 1.26 bits per heavy atom. The van der Waals surface area contributed by atoms with Crippen molar-refractivity contribution in [1.82, 2.24) is 9.97 Å². The second-order valence-corrected chi connectivity index (χ2v) is 8.15. The Balaban J connectivity index is 1.74. The maximum Gasteiger partial charge on any atom is 0.340 e. The van der Waals surface area contributed by atoms with E-state index >= 15 is 0 Å². The van der Waals surface area contributed by atoms with Crippen LogP contribution in [0.4, 0.5) is 14.5 Å². The summed E-state index contributed by atoms with van der Waals surface area (Å²) in [6.07, 6.45) is -0.898. The largest absolute Gasteiger partial charge is 0.486 e. The number of nitrogens with zero attached hydrogens (tertiary/aromatic N) is 3. The fourth-order valence-electron chi connectivity index (χ4n) is 4.09. The van der Waals surface area contributed by atoms with Crippen LogP contribution in [-0.4, -0.2) is 35.6 Å². The summed E-state index contributed by atoms with van der Waals surface area (Å²) in [7, 11) is 0. The first kappa shape index (κ1) is 24.0. The lowest BCUT2D eigenvalue weighted by molar-refractivity contribution is -0.138. The van der Waals surface area contributed by atoms with E-state index in [4.69, 9.17) is 9.47 Å². The van der Waals surface area contributed by atoms with Gasteiger partial charge >= 0.3 is 5.97 Å². The van der Waals surface area contributed by atoms with Gasteiger partial charge in [0.05, 0.1) is 35.3 Å². The molecule has 0 spiro atoms. The van der Waals surface area contributed by atoms with Crippen LogP contribution in [0.15, 0.2) is 53.7 Å². The summed E-state index contributed by atoms with van der Waals surface area (Å²) in [5.41, 5.74) is 5.27. The Hall–Kier alpha value is -4.19. The van der Waals surface area contributed by atoms with Crippen LogP contribution in [0, 0.1) is 11.3 Å². The topological polar surface area (TPSA) is 91.2 Å². The molecule has 0 atom stereocenters. The predicted molar refractivity (Wildman–Crippen MR) is 128 cm³/mol. The quantitative estimate of drug-likeness (QED) is 0.461. The van der Waals surface area contributed by atoms with E-state index in [0.29, 0.717) is 29.0 Å². The Kier molecular flexibility index (Phi) is 6.82. The molecule has 0 unspecified atom stereocenters. The molecule has 9 heteroatoms. The molecule has 2 heterocycles. The van der Waals surface area contributed by atoms with Crippen LogP contribution in [0.5, 0.6) is 5.75 Å². The van der Waals surface area contributed by atoms with E-state index in [1.165, 1.54) is 12.1 Å². The highest BCUT2D eigenvalue weighted by atomic mass is 19.3. The molecule has 180 valence electrons. The number of nitriles is 1. The number of carbonyl (C=O) groups is 1. The SMILES string of the molecule is CCOC(=O)C1=CN(Cc2nc3cc(OCC(F)F)c(C#N)cc3[nH]2)c2ccccc2C1=C(C)C. The normalized spacial score (nSPS) is 12.9. The van der Waals surface area contributed by atoms with Crippen LogP contribution < -0.4 is 9.64 Å². The molecule has 0 saturated carbocycles. The first-order chi connectivity index (χ1) is 16.8. The van der Waals surface area contributed by atoms with E-state index < -0.39 is 19.0 Å². The number of anilines is 1. The number of fused-ring (bicyclic) bond motifs is 2. The number of nitrogens with one attached hydrogen (secondary N) is 1. The van der Waals surface area contributed by atoms with E-state index in [1.807, 2.05) is 49.1 Å². The number of allylic oxidation sites excluding steroid dienone is 1. The minimum atomic E-state index is -2.66. The van der Waals surface area contributed by atoms with Crippen LogP contribution in [0.2, 0.25) is 0 Å². The maximum atomic E-state index is 12.8. The van der Waals surface area contributed by atoms with Gasteiger partial charge in [0, 0.05) is 23.5 Å². The average Bonchev–Trinajstić information content (AvgIpc) is 3.22. The third-order valence-electron chi connectivity index (χ3n) is 5.47. The number of carbonyl (C=O) groups excluding carboxylic acids is 1. The average molecular weight is 478 g/mol. The highest BCUT2D eigenvalue weighted by Crippen LogP contribution is 2.40. The van der Waals surface area contributed by atoms with Crippen molar-refractivity contribution in [2.75, 3.05) is 18.1 Å². The Morgan fingerprint density at radius 2 is 2.03 bits per heavy atom. The van der Waals surface area contributed by atoms with Crippen molar-refractivity contribution in [2.45, 2.75) is 33.7 Å². The molecular formula is C26H24F2N4O3. The first-order valence-electron chi connectivity index (χ1n) is 11.1. The fraction of sp³-hybridized carbons (Fsp3) is 0.269. The molecule has 0 aliphatic carbocycles. The molecule has 0 radical (unpaired) electrons. The van der Waals surface area contributed by atoms with Crippen LogP contribution in [-0.2, 0) is 16.1 Å². The summed E-state index contributed by atoms with van der Waals surface area (Å²) in [6, 6.07) is 12.7. The maximum absolute atomic E-state index is 12.8. The summed E-state index contributed by atoms with van der Waals surface area (Å²) in [5, 5.41) is 9.40. The van der Waals surface area contributed by atoms with Crippen LogP contribution in [0.25, 0.3) is 16.6 Å². The summed E-state index contributed by atoms with van der Waals surface area (Å²) in [5.74, 6) is 0.205. The second-order valence-electron chi connectivity index (χ2n) is 8.15.